The molecule has 0 spiro atoms. The SMILES string of the molecule is CCCCCCCC/C=C\CCCCCCCC(=O)OCCO.CCCCCCCCOC(=O)CCCCCCCCC(=O)OCCCCCCCC. The zero-order valence-corrected chi connectivity index (χ0v) is 35.4. The van der Waals surface area contributed by atoms with Gasteiger partial charge in [-0.15, -0.1) is 0 Å². The average Bonchev–Trinajstić information content (AvgIpc) is 3.16. The maximum atomic E-state index is 11.7. The Morgan fingerprint density at radius 2 is 0.623 bits per heavy atom. The van der Waals surface area contributed by atoms with E-state index in [-0.39, 0.29) is 31.1 Å². The second kappa shape index (κ2) is 48.1. The van der Waals surface area contributed by atoms with E-state index in [9.17, 15) is 14.4 Å². The minimum Gasteiger partial charge on any atom is -0.466 e. The molecule has 0 radical (unpaired) electrons. The Balaban J connectivity index is 0. The van der Waals surface area contributed by atoms with Crippen LogP contribution >= 0.6 is 0 Å². The molecule has 314 valence electrons. The van der Waals surface area contributed by atoms with Gasteiger partial charge in [0.15, 0.2) is 0 Å². The number of hydrogen-bond donors (Lipinski definition) is 1. The first-order chi connectivity index (χ1) is 26.0. The van der Waals surface area contributed by atoms with Gasteiger partial charge in [-0.2, -0.15) is 0 Å². The third kappa shape index (κ3) is 50.1. The van der Waals surface area contributed by atoms with E-state index in [0.29, 0.717) is 32.5 Å². The molecule has 0 fully saturated rings. The van der Waals surface area contributed by atoms with E-state index in [1.807, 2.05) is 0 Å². The minimum atomic E-state index is -0.184. The van der Waals surface area contributed by atoms with Crippen molar-refractivity contribution in [2.45, 2.75) is 239 Å². The molecule has 0 aliphatic heterocycles. The molecule has 7 heteroatoms. The predicted molar refractivity (Wildman–Crippen MR) is 223 cm³/mol. The molecular weight excluding hydrogens is 664 g/mol. The Morgan fingerprint density at radius 1 is 0.358 bits per heavy atom. The fourth-order valence-electron chi connectivity index (χ4n) is 6.10. The van der Waals surface area contributed by atoms with E-state index in [4.69, 9.17) is 19.3 Å². The van der Waals surface area contributed by atoms with Crippen LogP contribution in [-0.4, -0.2) is 49.4 Å². The predicted octanol–water partition coefficient (Wildman–Crippen LogP) is 13.5. The van der Waals surface area contributed by atoms with Crippen molar-refractivity contribution < 1.29 is 33.7 Å². The summed E-state index contributed by atoms with van der Waals surface area (Å²) >= 11 is 0. The molecule has 0 aliphatic carbocycles. The summed E-state index contributed by atoms with van der Waals surface area (Å²) in [5.74, 6) is -0.273. The number of hydrogen-bond acceptors (Lipinski definition) is 7. The van der Waals surface area contributed by atoms with E-state index >= 15 is 0 Å². The van der Waals surface area contributed by atoms with Crippen molar-refractivity contribution in [2.75, 3.05) is 26.4 Å². The van der Waals surface area contributed by atoms with E-state index in [0.717, 1.165) is 64.2 Å². The van der Waals surface area contributed by atoms with Crippen LogP contribution in [0.1, 0.15) is 239 Å². The molecule has 0 aromatic rings. The minimum absolute atomic E-state index is 0.0448. The highest BCUT2D eigenvalue weighted by molar-refractivity contribution is 5.69. The molecule has 0 heterocycles. The summed E-state index contributed by atoms with van der Waals surface area (Å²) in [6.07, 6.45) is 43.4. The van der Waals surface area contributed by atoms with Gasteiger partial charge in [-0.25, -0.2) is 0 Å². The maximum Gasteiger partial charge on any atom is 0.305 e. The summed E-state index contributed by atoms with van der Waals surface area (Å²) in [5.41, 5.74) is 0. The van der Waals surface area contributed by atoms with Crippen LogP contribution in [0.15, 0.2) is 12.2 Å². The zero-order valence-electron chi connectivity index (χ0n) is 35.4. The van der Waals surface area contributed by atoms with Crippen molar-refractivity contribution in [1.29, 1.82) is 0 Å². The molecule has 0 aromatic heterocycles. The number of aliphatic hydroxyl groups excluding tert-OH is 1. The van der Waals surface area contributed by atoms with E-state index < -0.39 is 0 Å². The van der Waals surface area contributed by atoms with Gasteiger partial charge < -0.3 is 19.3 Å². The molecule has 7 nitrogen and oxygen atoms in total. The molecule has 1 N–H and O–H groups in total. The highest BCUT2D eigenvalue weighted by atomic mass is 16.5. The van der Waals surface area contributed by atoms with Gasteiger partial charge in [0, 0.05) is 19.3 Å². The molecule has 0 saturated heterocycles. The van der Waals surface area contributed by atoms with Crippen LogP contribution < -0.4 is 0 Å². The van der Waals surface area contributed by atoms with E-state index in [1.54, 1.807) is 0 Å². The molecule has 0 atom stereocenters. The van der Waals surface area contributed by atoms with E-state index in [2.05, 4.69) is 32.9 Å². The highest BCUT2D eigenvalue weighted by Crippen LogP contribution is 2.12. The average molecular weight is 753 g/mol. The number of ether oxygens (including phenoxy) is 3. The van der Waals surface area contributed by atoms with E-state index in [1.165, 1.54) is 135 Å². The lowest BCUT2D eigenvalue weighted by Crippen LogP contribution is -2.07. The molecular formula is C46H88O7. The molecule has 0 rings (SSSR count). The molecule has 0 aromatic carbocycles. The second-order valence-electron chi connectivity index (χ2n) is 14.9. The number of aliphatic hydroxyl groups is 1. The van der Waals surface area contributed by atoms with Gasteiger partial charge in [-0.05, 0) is 57.8 Å². The number of carbonyl (C=O) groups is 3. The fourth-order valence-corrected chi connectivity index (χ4v) is 6.10. The van der Waals surface area contributed by atoms with Crippen LogP contribution in [0.4, 0.5) is 0 Å². The van der Waals surface area contributed by atoms with Gasteiger partial charge in [0.1, 0.15) is 6.61 Å². The first kappa shape index (κ1) is 53.2. The third-order valence-electron chi connectivity index (χ3n) is 9.53. The monoisotopic (exact) mass is 753 g/mol. The fraction of sp³-hybridized carbons (Fsp3) is 0.891. The highest BCUT2D eigenvalue weighted by Gasteiger charge is 2.05. The van der Waals surface area contributed by atoms with Gasteiger partial charge in [0.05, 0.1) is 19.8 Å². The normalized spacial score (nSPS) is 11.0. The van der Waals surface area contributed by atoms with Crippen molar-refractivity contribution in [1.82, 2.24) is 0 Å². The Hall–Kier alpha value is -1.89. The molecule has 0 saturated carbocycles. The number of rotatable bonds is 40. The van der Waals surface area contributed by atoms with Crippen molar-refractivity contribution in [3.05, 3.63) is 12.2 Å². The largest absolute Gasteiger partial charge is 0.466 e. The van der Waals surface area contributed by atoms with Crippen LogP contribution in [0.3, 0.4) is 0 Å². The lowest BCUT2D eigenvalue weighted by atomic mass is 10.1. The van der Waals surface area contributed by atoms with Crippen molar-refractivity contribution >= 4 is 17.9 Å². The topological polar surface area (TPSA) is 99.1 Å². The lowest BCUT2D eigenvalue weighted by molar-refractivity contribution is -0.145. The third-order valence-corrected chi connectivity index (χ3v) is 9.53. The quantitative estimate of drug-likeness (QED) is 0.0288. The first-order valence-electron chi connectivity index (χ1n) is 22.7. The summed E-state index contributed by atoms with van der Waals surface area (Å²) < 4.78 is 15.4. The van der Waals surface area contributed by atoms with Crippen LogP contribution in [0.25, 0.3) is 0 Å². The summed E-state index contributed by atoms with van der Waals surface area (Å²) in [6.45, 7) is 7.91. The number of allylic oxidation sites excluding steroid dienone is 2. The van der Waals surface area contributed by atoms with Gasteiger partial charge in [0.25, 0.3) is 0 Å². The standard InChI is InChI=1S/C26H50O4.C20H38O3/c1-3-5-7-9-15-19-23-29-25(27)21-17-13-11-12-14-18-22-26(28)30-24-20-16-10-8-6-4-2;1-2-3-4-5-6-7-8-9-10-11-12-13-14-15-16-17-20(22)23-19-18-21/h3-24H2,1-2H3;9-10,21H,2-8,11-19H2,1H3/b;10-9-. The lowest BCUT2D eigenvalue weighted by Gasteiger charge is -2.06. The van der Waals surface area contributed by atoms with Gasteiger partial charge in [-0.3, -0.25) is 14.4 Å². The summed E-state index contributed by atoms with van der Waals surface area (Å²) in [6, 6.07) is 0. The molecule has 0 bridgehead atoms. The van der Waals surface area contributed by atoms with Crippen molar-refractivity contribution in [3.8, 4) is 0 Å². The number of unbranched alkanes of at least 4 members (excludes halogenated alkanes) is 26. The summed E-state index contributed by atoms with van der Waals surface area (Å²) in [4.78, 5) is 34.6. The van der Waals surface area contributed by atoms with Crippen molar-refractivity contribution in [3.63, 3.8) is 0 Å². The Labute approximate surface area is 328 Å². The number of esters is 3. The smallest absolute Gasteiger partial charge is 0.305 e. The summed E-state index contributed by atoms with van der Waals surface area (Å²) in [5, 5.41) is 8.54. The number of carbonyl (C=O) groups excluding carboxylic acids is 3. The van der Waals surface area contributed by atoms with Crippen LogP contribution in [0.2, 0.25) is 0 Å². The molecule has 0 aliphatic rings. The van der Waals surface area contributed by atoms with Crippen LogP contribution in [0.5, 0.6) is 0 Å². The van der Waals surface area contributed by atoms with Gasteiger partial charge in [-0.1, -0.05) is 174 Å². The molecule has 0 unspecified atom stereocenters. The van der Waals surface area contributed by atoms with Crippen LogP contribution in [-0.2, 0) is 28.6 Å². The maximum absolute atomic E-state index is 11.7. The van der Waals surface area contributed by atoms with Crippen LogP contribution in [0, 0.1) is 0 Å². The first-order valence-corrected chi connectivity index (χ1v) is 22.7. The summed E-state index contributed by atoms with van der Waals surface area (Å²) in [7, 11) is 0. The Bertz CT molecular complexity index is 746. The molecule has 53 heavy (non-hydrogen) atoms. The Kier molecular flexibility index (Phi) is 48.3. The van der Waals surface area contributed by atoms with Gasteiger partial charge >= 0.3 is 17.9 Å². The Morgan fingerprint density at radius 3 is 0.943 bits per heavy atom. The molecule has 0 amide bonds. The van der Waals surface area contributed by atoms with Gasteiger partial charge in [0.2, 0.25) is 0 Å². The second-order valence-corrected chi connectivity index (χ2v) is 14.9. The van der Waals surface area contributed by atoms with Crippen molar-refractivity contribution in [2.24, 2.45) is 0 Å². The zero-order chi connectivity index (χ0) is 39.1.